The van der Waals surface area contributed by atoms with Gasteiger partial charge in [-0.3, -0.25) is 4.79 Å². The number of hydrogen-bond donors (Lipinski definition) is 1. The summed E-state index contributed by atoms with van der Waals surface area (Å²) in [6.45, 7) is 6.84. The lowest BCUT2D eigenvalue weighted by atomic mass is 10.1. The molecule has 0 unspecified atom stereocenters. The van der Waals surface area contributed by atoms with Gasteiger partial charge in [0.05, 0.1) is 5.25 Å². The fraction of sp³-hybridized carbons (Fsp3) is 0.471. The molecule has 0 bridgehead atoms. The van der Waals surface area contributed by atoms with Gasteiger partial charge in [0.25, 0.3) is 0 Å². The highest BCUT2D eigenvalue weighted by atomic mass is 32.2. The van der Waals surface area contributed by atoms with E-state index in [-0.39, 0.29) is 11.2 Å². The first kappa shape index (κ1) is 16.1. The van der Waals surface area contributed by atoms with Crippen LogP contribution in [-0.2, 0) is 11.3 Å². The van der Waals surface area contributed by atoms with Gasteiger partial charge in [0.1, 0.15) is 0 Å². The summed E-state index contributed by atoms with van der Waals surface area (Å²) in [5.41, 5.74) is 2.26. The van der Waals surface area contributed by atoms with Gasteiger partial charge in [-0.2, -0.15) is 0 Å². The zero-order chi connectivity index (χ0) is 16.4. The zero-order valence-corrected chi connectivity index (χ0v) is 14.6. The van der Waals surface area contributed by atoms with Crippen molar-refractivity contribution in [3.63, 3.8) is 0 Å². The molecule has 23 heavy (non-hydrogen) atoms. The van der Waals surface area contributed by atoms with Gasteiger partial charge in [-0.15, -0.1) is 10.2 Å². The maximum atomic E-state index is 12.1. The first-order valence-corrected chi connectivity index (χ1v) is 8.94. The van der Waals surface area contributed by atoms with Gasteiger partial charge < -0.3 is 9.88 Å². The van der Waals surface area contributed by atoms with Crippen molar-refractivity contribution in [1.82, 2.24) is 20.1 Å². The highest BCUT2D eigenvalue weighted by molar-refractivity contribution is 8.00. The number of rotatable bonds is 6. The molecule has 2 aromatic rings. The van der Waals surface area contributed by atoms with Crippen LogP contribution in [0.15, 0.2) is 29.4 Å². The predicted molar refractivity (Wildman–Crippen MR) is 92.4 cm³/mol. The van der Waals surface area contributed by atoms with Crippen molar-refractivity contribution >= 4 is 17.7 Å². The highest BCUT2D eigenvalue weighted by Gasteiger charge is 2.27. The first-order valence-electron chi connectivity index (χ1n) is 8.06. The van der Waals surface area contributed by atoms with Crippen LogP contribution >= 0.6 is 11.8 Å². The van der Waals surface area contributed by atoms with E-state index in [1.54, 1.807) is 0 Å². The first-order chi connectivity index (χ1) is 11.1. The Morgan fingerprint density at radius 3 is 2.78 bits per heavy atom. The molecule has 1 heterocycles. The third kappa shape index (κ3) is 3.58. The normalized spacial score (nSPS) is 15.4. The number of thioether (sulfide) groups is 1. The minimum absolute atomic E-state index is 0.0839. The second kappa shape index (κ2) is 6.74. The predicted octanol–water partition coefficient (Wildman–Crippen LogP) is 3.03. The van der Waals surface area contributed by atoms with E-state index < -0.39 is 0 Å². The van der Waals surface area contributed by atoms with E-state index in [2.05, 4.69) is 46.1 Å². The Hall–Kier alpha value is -1.82. The molecule has 1 saturated carbocycles. The number of aryl methyl sites for hydroxylation is 1. The van der Waals surface area contributed by atoms with Crippen molar-refractivity contribution in [2.75, 3.05) is 0 Å². The Bertz CT molecular complexity index is 708. The third-order valence-corrected chi connectivity index (χ3v) is 5.07. The van der Waals surface area contributed by atoms with Crippen LogP contribution in [0, 0.1) is 6.92 Å². The Kier molecular flexibility index (Phi) is 4.71. The summed E-state index contributed by atoms with van der Waals surface area (Å²) in [6.07, 6.45) is 2.21. The number of nitrogens with one attached hydrogen (secondary N) is 1. The van der Waals surface area contributed by atoms with Crippen molar-refractivity contribution in [3.8, 4) is 11.4 Å². The summed E-state index contributed by atoms with van der Waals surface area (Å²) in [7, 11) is 0. The molecule has 122 valence electrons. The molecule has 0 radical (unpaired) electrons. The molecule has 3 rings (SSSR count). The van der Waals surface area contributed by atoms with Crippen molar-refractivity contribution in [3.05, 3.63) is 29.8 Å². The zero-order valence-electron chi connectivity index (χ0n) is 13.7. The third-order valence-electron chi connectivity index (χ3n) is 3.99. The average Bonchev–Trinajstić information content (AvgIpc) is 3.26. The summed E-state index contributed by atoms with van der Waals surface area (Å²) < 4.78 is 2.08. The highest BCUT2D eigenvalue weighted by Crippen LogP contribution is 2.29. The van der Waals surface area contributed by atoms with Gasteiger partial charge in [-0.1, -0.05) is 36.0 Å². The van der Waals surface area contributed by atoms with Crippen molar-refractivity contribution in [2.24, 2.45) is 0 Å². The maximum Gasteiger partial charge on any atom is 0.233 e. The van der Waals surface area contributed by atoms with E-state index in [1.165, 1.54) is 17.3 Å². The summed E-state index contributed by atoms with van der Waals surface area (Å²) in [5, 5.41) is 12.3. The van der Waals surface area contributed by atoms with E-state index in [0.29, 0.717) is 6.04 Å². The van der Waals surface area contributed by atoms with Crippen LogP contribution in [0.4, 0.5) is 0 Å². The largest absolute Gasteiger partial charge is 0.352 e. The molecule has 1 amide bonds. The summed E-state index contributed by atoms with van der Waals surface area (Å²) in [6, 6.07) is 8.55. The molecule has 1 aliphatic carbocycles. The van der Waals surface area contributed by atoms with Gasteiger partial charge >= 0.3 is 0 Å². The monoisotopic (exact) mass is 330 g/mol. The second-order valence-corrected chi connectivity index (χ2v) is 7.22. The smallest absolute Gasteiger partial charge is 0.233 e. The van der Waals surface area contributed by atoms with E-state index in [1.807, 2.05) is 19.1 Å². The fourth-order valence-corrected chi connectivity index (χ4v) is 3.36. The van der Waals surface area contributed by atoms with Gasteiger partial charge in [-0.05, 0) is 39.2 Å². The SMILES string of the molecule is CCn1c(S[C@H](C)C(=O)NC2CC2)nnc1-c1ccccc1C. The number of nitrogens with zero attached hydrogens (tertiary/aromatic N) is 3. The molecule has 1 aliphatic rings. The fourth-order valence-electron chi connectivity index (χ4n) is 2.44. The molecule has 0 spiro atoms. The minimum Gasteiger partial charge on any atom is -0.352 e. The van der Waals surface area contributed by atoms with Gasteiger partial charge in [0.15, 0.2) is 11.0 Å². The molecule has 1 N–H and O–H groups in total. The van der Waals surface area contributed by atoms with Crippen LogP contribution in [0.25, 0.3) is 11.4 Å². The van der Waals surface area contributed by atoms with Gasteiger partial charge in [0.2, 0.25) is 5.91 Å². The summed E-state index contributed by atoms with van der Waals surface area (Å²) in [4.78, 5) is 12.1. The second-order valence-electron chi connectivity index (χ2n) is 5.91. The maximum absolute atomic E-state index is 12.1. The van der Waals surface area contributed by atoms with E-state index in [4.69, 9.17) is 0 Å². The molecular formula is C17H22N4OS. The van der Waals surface area contributed by atoms with Gasteiger partial charge in [0, 0.05) is 18.2 Å². The number of carbonyl (C=O) groups excluding carboxylic acids is 1. The quantitative estimate of drug-likeness (QED) is 0.827. The molecule has 1 aromatic carbocycles. The molecule has 0 saturated heterocycles. The van der Waals surface area contributed by atoms with Crippen molar-refractivity contribution < 1.29 is 4.79 Å². The van der Waals surface area contributed by atoms with Gasteiger partial charge in [-0.25, -0.2) is 0 Å². The molecule has 1 aromatic heterocycles. The average molecular weight is 330 g/mol. The summed E-state index contributed by atoms with van der Waals surface area (Å²) >= 11 is 1.47. The van der Waals surface area contributed by atoms with E-state index in [0.717, 1.165) is 35.9 Å². The molecule has 1 fully saturated rings. The lowest BCUT2D eigenvalue weighted by Gasteiger charge is -2.13. The van der Waals surface area contributed by atoms with Crippen LogP contribution in [-0.4, -0.2) is 32.0 Å². The number of carbonyl (C=O) groups is 1. The van der Waals surface area contributed by atoms with Crippen molar-refractivity contribution in [2.45, 2.75) is 56.6 Å². The van der Waals surface area contributed by atoms with Crippen LogP contribution < -0.4 is 5.32 Å². The Balaban J connectivity index is 1.80. The van der Waals surface area contributed by atoms with Crippen LogP contribution in [0.2, 0.25) is 0 Å². The van der Waals surface area contributed by atoms with E-state index >= 15 is 0 Å². The number of amides is 1. The lowest BCUT2D eigenvalue weighted by Crippen LogP contribution is -2.32. The molecule has 0 aliphatic heterocycles. The Morgan fingerprint density at radius 1 is 1.39 bits per heavy atom. The molecule has 1 atom stereocenters. The lowest BCUT2D eigenvalue weighted by molar-refractivity contribution is -0.120. The Morgan fingerprint density at radius 2 is 2.13 bits per heavy atom. The number of hydrogen-bond acceptors (Lipinski definition) is 4. The minimum atomic E-state index is -0.171. The summed E-state index contributed by atoms with van der Waals surface area (Å²) in [5.74, 6) is 0.948. The standard InChI is InChI=1S/C17H22N4OS/c1-4-21-15(14-8-6-5-7-11(14)2)19-20-17(21)23-12(3)16(22)18-13-9-10-13/h5-8,12-13H,4,9-10H2,1-3H3,(H,18,22)/t12-/m1/s1. The molecule has 5 nitrogen and oxygen atoms in total. The number of aromatic nitrogens is 3. The van der Waals surface area contributed by atoms with Crippen LogP contribution in [0.1, 0.15) is 32.3 Å². The molecule has 6 heteroatoms. The van der Waals surface area contributed by atoms with Crippen LogP contribution in [0.5, 0.6) is 0 Å². The van der Waals surface area contributed by atoms with E-state index in [9.17, 15) is 4.79 Å². The van der Waals surface area contributed by atoms with Crippen molar-refractivity contribution in [1.29, 1.82) is 0 Å². The molecular weight excluding hydrogens is 308 g/mol. The van der Waals surface area contributed by atoms with Crippen LogP contribution in [0.3, 0.4) is 0 Å². The number of benzene rings is 1. The topological polar surface area (TPSA) is 59.8 Å². The Labute approximate surface area is 140 Å².